The van der Waals surface area contributed by atoms with Crippen molar-refractivity contribution in [3.63, 3.8) is 0 Å². The highest BCUT2D eigenvalue weighted by molar-refractivity contribution is 6.36. The number of ketones is 1. The van der Waals surface area contributed by atoms with Crippen LogP contribution in [0.15, 0.2) is 24.3 Å². The van der Waals surface area contributed by atoms with Gasteiger partial charge >= 0.3 is 0 Å². The molecule has 0 atom stereocenters. The molecule has 1 fully saturated rings. The topological polar surface area (TPSA) is 79.0 Å². The zero-order valence-electron chi connectivity index (χ0n) is 15.7. The van der Waals surface area contributed by atoms with Crippen LogP contribution in [0.3, 0.4) is 0 Å². The van der Waals surface area contributed by atoms with Gasteiger partial charge in [-0.25, -0.2) is 0 Å². The highest BCUT2D eigenvalue weighted by atomic mass is 16.5. The Morgan fingerprint density at radius 1 is 1.15 bits per heavy atom. The van der Waals surface area contributed by atoms with Gasteiger partial charge < -0.3 is 19.9 Å². The van der Waals surface area contributed by atoms with Crippen molar-refractivity contribution in [3.05, 3.63) is 24.3 Å². The van der Waals surface area contributed by atoms with Crippen molar-refractivity contribution in [1.29, 1.82) is 0 Å². The summed E-state index contributed by atoms with van der Waals surface area (Å²) in [4.78, 5) is 39.5. The van der Waals surface area contributed by atoms with Gasteiger partial charge in [0.2, 0.25) is 11.7 Å². The zero-order valence-corrected chi connectivity index (χ0v) is 15.7. The first kappa shape index (κ1) is 19.8. The van der Waals surface area contributed by atoms with E-state index in [1.54, 1.807) is 12.0 Å². The van der Waals surface area contributed by atoms with Crippen LogP contribution in [-0.2, 0) is 14.4 Å². The molecule has 0 aromatic heterocycles. The molecule has 1 N–H and O–H groups in total. The Bertz CT molecular complexity index is 652. The van der Waals surface area contributed by atoms with Gasteiger partial charge in [-0.2, -0.15) is 0 Å². The Kier molecular flexibility index (Phi) is 7.00. The summed E-state index contributed by atoms with van der Waals surface area (Å²) in [7, 11) is 1.63. The van der Waals surface area contributed by atoms with Gasteiger partial charge in [-0.3, -0.25) is 14.4 Å². The number of ether oxygens (including phenoxy) is 1. The highest BCUT2D eigenvalue weighted by Crippen LogP contribution is 2.22. The fourth-order valence-electron chi connectivity index (χ4n) is 2.85. The van der Waals surface area contributed by atoms with E-state index in [4.69, 9.17) is 4.74 Å². The summed E-state index contributed by atoms with van der Waals surface area (Å²) < 4.78 is 5.24. The van der Waals surface area contributed by atoms with Gasteiger partial charge in [0.05, 0.1) is 13.7 Å². The molecule has 0 aliphatic carbocycles. The lowest BCUT2D eigenvalue weighted by Crippen LogP contribution is -2.51. The normalized spacial score (nSPS) is 14.3. The van der Waals surface area contributed by atoms with Crippen molar-refractivity contribution < 1.29 is 19.1 Å². The first-order valence-electron chi connectivity index (χ1n) is 8.88. The number of carbonyl (C=O) groups excluding carboxylic acids is 3. The summed E-state index contributed by atoms with van der Waals surface area (Å²) in [6, 6.07) is 7.82. The second kappa shape index (κ2) is 9.22. The standard InChI is InChI=1S/C19H27N3O4/c1-14(2)11-17(23)19(25)20-13-18(24)22-9-7-21(8-10-22)15-5-4-6-16(12-15)26-3/h4-6,12,14H,7-11,13H2,1-3H3,(H,20,25). The maximum atomic E-state index is 12.3. The van der Waals surface area contributed by atoms with Gasteiger partial charge in [-0.15, -0.1) is 0 Å². The SMILES string of the molecule is COc1cccc(N2CCN(C(=O)CNC(=O)C(=O)CC(C)C)CC2)c1. The molecule has 0 radical (unpaired) electrons. The van der Waals surface area contributed by atoms with Crippen LogP contribution in [0.4, 0.5) is 5.69 Å². The number of Topliss-reactive ketones (excluding diaryl/α,β-unsaturated/α-hetero) is 1. The van der Waals surface area contributed by atoms with E-state index in [1.165, 1.54) is 0 Å². The Balaban J connectivity index is 1.79. The summed E-state index contributed by atoms with van der Waals surface area (Å²) in [5.74, 6) is -0.401. The smallest absolute Gasteiger partial charge is 0.287 e. The van der Waals surface area contributed by atoms with E-state index in [9.17, 15) is 14.4 Å². The summed E-state index contributed by atoms with van der Waals surface area (Å²) in [5.41, 5.74) is 1.06. The number of hydrogen-bond donors (Lipinski definition) is 1. The molecule has 0 saturated carbocycles. The maximum absolute atomic E-state index is 12.3. The van der Waals surface area contributed by atoms with E-state index in [1.807, 2.05) is 38.1 Å². The van der Waals surface area contributed by atoms with Crippen molar-refractivity contribution in [2.24, 2.45) is 5.92 Å². The number of piperazine rings is 1. The predicted octanol–water partition coefficient (Wildman–Crippen LogP) is 1.08. The van der Waals surface area contributed by atoms with Crippen molar-refractivity contribution in [1.82, 2.24) is 10.2 Å². The molecule has 2 rings (SSSR count). The summed E-state index contributed by atoms with van der Waals surface area (Å²) in [6.07, 6.45) is 0.194. The fourth-order valence-corrected chi connectivity index (χ4v) is 2.85. The molecule has 0 spiro atoms. The molecule has 1 saturated heterocycles. The van der Waals surface area contributed by atoms with Crippen LogP contribution in [-0.4, -0.2) is 62.3 Å². The molecule has 0 bridgehead atoms. The van der Waals surface area contributed by atoms with Gasteiger partial charge in [0.25, 0.3) is 5.91 Å². The minimum atomic E-state index is -0.679. The number of benzene rings is 1. The number of nitrogens with one attached hydrogen (secondary N) is 1. The van der Waals surface area contributed by atoms with E-state index >= 15 is 0 Å². The molecular formula is C19H27N3O4. The molecule has 26 heavy (non-hydrogen) atoms. The van der Waals surface area contributed by atoms with Crippen LogP contribution in [0, 0.1) is 5.92 Å². The van der Waals surface area contributed by atoms with Crippen molar-refractivity contribution in [2.45, 2.75) is 20.3 Å². The average Bonchev–Trinajstić information content (AvgIpc) is 2.65. The molecule has 7 heteroatoms. The molecule has 1 heterocycles. The lowest BCUT2D eigenvalue weighted by Gasteiger charge is -2.36. The third kappa shape index (κ3) is 5.47. The van der Waals surface area contributed by atoms with E-state index in [-0.39, 0.29) is 24.8 Å². The van der Waals surface area contributed by atoms with Crippen LogP contribution in [0.25, 0.3) is 0 Å². The number of amides is 2. The minimum Gasteiger partial charge on any atom is -0.497 e. The van der Waals surface area contributed by atoms with Crippen LogP contribution >= 0.6 is 0 Å². The molecule has 1 aromatic rings. The summed E-state index contributed by atoms with van der Waals surface area (Å²) in [6.45, 7) is 6.17. The van der Waals surface area contributed by atoms with Gasteiger partial charge in [-0.05, 0) is 18.1 Å². The van der Waals surface area contributed by atoms with E-state index in [0.29, 0.717) is 26.2 Å². The lowest BCUT2D eigenvalue weighted by atomic mass is 10.1. The third-order valence-corrected chi connectivity index (χ3v) is 4.30. The molecule has 1 aliphatic heterocycles. The monoisotopic (exact) mass is 361 g/mol. The number of methoxy groups -OCH3 is 1. The van der Waals surface area contributed by atoms with Gasteiger partial charge in [0, 0.05) is 44.4 Å². The quantitative estimate of drug-likeness (QED) is 0.735. The number of carbonyl (C=O) groups is 3. The summed E-state index contributed by atoms with van der Waals surface area (Å²) >= 11 is 0. The molecule has 1 aromatic carbocycles. The average molecular weight is 361 g/mol. The Morgan fingerprint density at radius 3 is 2.46 bits per heavy atom. The second-order valence-electron chi connectivity index (χ2n) is 6.77. The molecular weight excluding hydrogens is 334 g/mol. The number of hydrogen-bond acceptors (Lipinski definition) is 5. The van der Waals surface area contributed by atoms with Crippen molar-refractivity contribution in [2.75, 3.05) is 44.7 Å². The zero-order chi connectivity index (χ0) is 19.1. The van der Waals surface area contributed by atoms with Crippen LogP contribution in [0.1, 0.15) is 20.3 Å². The first-order valence-corrected chi connectivity index (χ1v) is 8.88. The van der Waals surface area contributed by atoms with E-state index < -0.39 is 11.7 Å². The minimum absolute atomic E-state index is 0.119. The van der Waals surface area contributed by atoms with Gasteiger partial charge in [0.15, 0.2) is 0 Å². The lowest BCUT2D eigenvalue weighted by molar-refractivity contribution is -0.140. The second-order valence-corrected chi connectivity index (χ2v) is 6.77. The highest BCUT2D eigenvalue weighted by Gasteiger charge is 2.23. The molecule has 142 valence electrons. The molecule has 1 aliphatic rings. The predicted molar refractivity (Wildman–Crippen MR) is 99.3 cm³/mol. The van der Waals surface area contributed by atoms with E-state index in [2.05, 4.69) is 10.2 Å². The fraction of sp³-hybridized carbons (Fsp3) is 0.526. The van der Waals surface area contributed by atoms with Crippen LogP contribution < -0.4 is 15.0 Å². The molecule has 0 unspecified atom stereocenters. The van der Waals surface area contributed by atoms with Crippen molar-refractivity contribution >= 4 is 23.3 Å². The largest absolute Gasteiger partial charge is 0.497 e. The number of nitrogens with zero attached hydrogens (tertiary/aromatic N) is 2. The molecule has 7 nitrogen and oxygen atoms in total. The first-order chi connectivity index (χ1) is 12.4. The summed E-state index contributed by atoms with van der Waals surface area (Å²) in [5, 5.41) is 2.43. The van der Waals surface area contributed by atoms with Crippen LogP contribution in [0.5, 0.6) is 5.75 Å². The Labute approximate surface area is 154 Å². The van der Waals surface area contributed by atoms with Gasteiger partial charge in [-0.1, -0.05) is 19.9 Å². The van der Waals surface area contributed by atoms with Crippen LogP contribution in [0.2, 0.25) is 0 Å². The Morgan fingerprint density at radius 2 is 1.85 bits per heavy atom. The van der Waals surface area contributed by atoms with E-state index in [0.717, 1.165) is 11.4 Å². The maximum Gasteiger partial charge on any atom is 0.287 e. The molecule has 2 amide bonds. The number of rotatable bonds is 7. The van der Waals surface area contributed by atoms with Gasteiger partial charge in [0.1, 0.15) is 5.75 Å². The van der Waals surface area contributed by atoms with Crippen molar-refractivity contribution in [3.8, 4) is 5.75 Å². The number of anilines is 1. The Hall–Kier alpha value is -2.57. The third-order valence-electron chi connectivity index (χ3n) is 4.30.